The zero-order valence-electron chi connectivity index (χ0n) is 13.4. The third kappa shape index (κ3) is 10.9. The molecule has 8 heteroatoms. The molecule has 6 nitrogen and oxygen atoms in total. The maximum Gasteiger partial charge on any atom is 0.261 e. The van der Waals surface area contributed by atoms with Gasteiger partial charge in [0, 0.05) is 26.4 Å². The second-order valence-corrected chi connectivity index (χ2v) is 9.45. The molecule has 0 aliphatic heterocycles. The molecule has 0 saturated heterocycles. The van der Waals surface area contributed by atoms with Crippen molar-refractivity contribution in [3.63, 3.8) is 0 Å². The first-order valence-electron chi connectivity index (χ1n) is 7.37. The van der Waals surface area contributed by atoms with Crippen LogP contribution in [0.3, 0.4) is 0 Å². The van der Waals surface area contributed by atoms with Crippen molar-refractivity contribution in [1.29, 1.82) is 0 Å². The predicted molar refractivity (Wildman–Crippen MR) is 82.8 cm³/mol. The van der Waals surface area contributed by atoms with Crippen LogP contribution < -0.4 is 0 Å². The van der Waals surface area contributed by atoms with Gasteiger partial charge in [0.2, 0.25) is 0 Å². The molecule has 20 heavy (non-hydrogen) atoms. The molecule has 122 valence electrons. The fourth-order valence-electron chi connectivity index (χ4n) is 1.37. The molecule has 0 spiro atoms. The summed E-state index contributed by atoms with van der Waals surface area (Å²) < 4.78 is 32.8. The third-order valence-corrected chi connectivity index (χ3v) is 5.73. The van der Waals surface area contributed by atoms with E-state index in [4.69, 9.17) is 27.8 Å². The van der Waals surface area contributed by atoms with Gasteiger partial charge in [-0.25, -0.2) is 0 Å². The van der Waals surface area contributed by atoms with Crippen molar-refractivity contribution in [3.05, 3.63) is 0 Å². The zero-order chi connectivity index (χ0) is 15.2. The molecule has 0 atom stereocenters. The largest absolute Gasteiger partial charge is 0.379 e. The lowest BCUT2D eigenvalue weighted by atomic mass is 10.8. The molecule has 0 fully saturated rings. The van der Waals surface area contributed by atoms with E-state index in [0.717, 1.165) is 0 Å². The Morgan fingerprint density at radius 3 is 1.20 bits per heavy atom. The summed E-state index contributed by atoms with van der Waals surface area (Å²) >= 11 is 0. The summed E-state index contributed by atoms with van der Waals surface area (Å²) in [6.45, 7) is 11.1. The Morgan fingerprint density at radius 2 is 0.950 bits per heavy atom. The predicted octanol–water partition coefficient (Wildman–Crippen LogP) is 0.666. The van der Waals surface area contributed by atoms with Gasteiger partial charge in [-0.15, -0.1) is 0 Å². The monoisotopic (exact) mass is 326 g/mol. The van der Waals surface area contributed by atoms with E-state index in [9.17, 15) is 0 Å². The second kappa shape index (κ2) is 14.1. The Labute approximate surface area is 127 Å². The van der Waals surface area contributed by atoms with Gasteiger partial charge in [-0.05, 0) is 32.9 Å². The highest BCUT2D eigenvalue weighted by molar-refractivity contribution is 6.51. The minimum Gasteiger partial charge on any atom is -0.379 e. The summed E-state index contributed by atoms with van der Waals surface area (Å²) in [6.07, 6.45) is 0. The van der Waals surface area contributed by atoms with Crippen molar-refractivity contribution in [2.75, 3.05) is 26.4 Å². The van der Waals surface area contributed by atoms with E-state index in [1.165, 1.54) is 0 Å². The number of ether oxygens (including phenoxy) is 4. The van der Waals surface area contributed by atoms with Crippen molar-refractivity contribution in [1.82, 2.24) is 0 Å². The topological polar surface area (TPSA) is 55.4 Å². The summed E-state index contributed by atoms with van der Waals surface area (Å²) in [5.41, 5.74) is 0. The van der Waals surface area contributed by atoms with Crippen LogP contribution in [0.5, 0.6) is 0 Å². The van der Waals surface area contributed by atoms with E-state index in [-0.39, 0.29) is 0 Å². The highest BCUT2D eigenvalue weighted by Gasteiger charge is 2.15. The molecule has 0 aromatic carbocycles. The third-order valence-electron chi connectivity index (χ3n) is 2.24. The van der Waals surface area contributed by atoms with Gasteiger partial charge < -0.3 is 27.8 Å². The zero-order valence-corrected chi connectivity index (χ0v) is 16.3. The molecule has 0 bridgehead atoms. The Bertz CT molecular complexity index is 178. The first-order chi connectivity index (χ1) is 9.67. The van der Waals surface area contributed by atoms with Crippen LogP contribution in [0, 0.1) is 0 Å². The van der Waals surface area contributed by atoms with Crippen molar-refractivity contribution >= 4 is 19.5 Å². The lowest BCUT2D eigenvalue weighted by Crippen LogP contribution is -2.29. The highest BCUT2D eigenvalue weighted by atomic mass is 28.3. The maximum atomic E-state index is 5.70. The lowest BCUT2D eigenvalue weighted by Gasteiger charge is -2.21. The standard InChI is InChI=1S/C12H30O6Si2/c1-6-13-11(14-7-2)17-19-10(5)20-18-12(15-8-3)16-9-4/h10-12H,6-9,19-20H2,1-5H3. The smallest absolute Gasteiger partial charge is 0.261 e. The van der Waals surface area contributed by atoms with Crippen LogP contribution in [0.1, 0.15) is 34.6 Å². The SMILES string of the molecule is CCOC(OCC)O[SiH2]C(C)[SiH2]OC(OCC)OCC. The van der Waals surface area contributed by atoms with Gasteiger partial charge in [0.1, 0.15) is 0 Å². The maximum absolute atomic E-state index is 5.70. The van der Waals surface area contributed by atoms with E-state index in [1.807, 2.05) is 27.7 Å². The first-order valence-corrected chi connectivity index (χ1v) is 10.2. The quantitative estimate of drug-likeness (QED) is 0.345. The summed E-state index contributed by atoms with van der Waals surface area (Å²) in [7, 11) is -1.50. The van der Waals surface area contributed by atoms with Crippen LogP contribution in [0.4, 0.5) is 0 Å². The van der Waals surface area contributed by atoms with Gasteiger partial charge in [0.15, 0.2) is 19.5 Å². The van der Waals surface area contributed by atoms with Gasteiger partial charge in [-0.2, -0.15) is 0 Å². The Morgan fingerprint density at radius 1 is 0.650 bits per heavy atom. The second-order valence-electron chi connectivity index (χ2n) is 4.17. The first kappa shape index (κ1) is 20.2. The summed E-state index contributed by atoms with van der Waals surface area (Å²) in [5.74, 6) is 0. The van der Waals surface area contributed by atoms with Gasteiger partial charge in [0.25, 0.3) is 13.0 Å². The Balaban J connectivity index is 3.86. The number of rotatable bonds is 14. The minimum atomic E-state index is -0.748. The van der Waals surface area contributed by atoms with Crippen LogP contribution in [0.25, 0.3) is 0 Å². The minimum absolute atomic E-state index is 0.460. The molecule has 0 aliphatic carbocycles. The van der Waals surface area contributed by atoms with Crippen molar-refractivity contribution in [3.8, 4) is 0 Å². The van der Waals surface area contributed by atoms with Crippen molar-refractivity contribution in [2.45, 2.75) is 52.7 Å². The van der Waals surface area contributed by atoms with E-state index in [2.05, 4.69) is 6.92 Å². The fraction of sp³-hybridized carbons (Fsp3) is 1.00. The van der Waals surface area contributed by atoms with Crippen LogP contribution >= 0.6 is 0 Å². The molecule has 0 radical (unpaired) electrons. The van der Waals surface area contributed by atoms with Crippen LogP contribution in [0.15, 0.2) is 0 Å². The average Bonchev–Trinajstić information content (AvgIpc) is 2.43. The van der Waals surface area contributed by atoms with Gasteiger partial charge in [-0.1, -0.05) is 6.92 Å². The molecule has 0 aromatic heterocycles. The molecule has 0 N–H and O–H groups in total. The highest BCUT2D eigenvalue weighted by Crippen LogP contribution is 2.07. The van der Waals surface area contributed by atoms with E-state index in [1.54, 1.807) is 0 Å². The van der Waals surface area contributed by atoms with Crippen molar-refractivity contribution < 1.29 is 27.8 Å². The Hall–Kier alpha value is 0.194. The summed E-state index contributed by atoms with van der Waals surface area (Å²) in [5, 5.41) is 0.460. The van der Waals surface area contributed by atoms with Crippen LogP contribution in [-0.4, -0.2) is 58.9 Å². The van der Waals surface area contributed by atoms with Gasteiger partial charge in [0.05, 0.1) is 0 Å². The molecular weight excluding hydrogens is 296 g/mol. The van der Waals surface area contributed by atoms with Crippen LogP contribution in [0.2, 0.25) is 5.16 Å². The fourth-order valence-corrected chi connectivity index (χ4v) is 3.92. The molecule has 0 heterocycles. The normalized spacial score (nSPS) is 14.6. The molecule has 0 saturated carbocycles. The molecule has 0 aromatic rings. The van der Waals surface area contributed by atoms with Gasteiger partial charge >= 0.3 is 0 Å². The summed E-state index contributed by atoms with van der Waals surface area (Å²) in [6, 6.07) is 0. The van der Waals surface area contributed by atoms with Crippen LogP contribution in [-0.2, 0) is 27.8 Å². The molecule has 0 unspecified atom stereocenters. The van der Waals surface area contributed by atoms with E-state index >= 15 is 0 Å². The molecule has 0 rings (SSSR count). The summed E-state index contributed by atoms with van der Waals surface area (Å²) in [4.78, 5) is 0. The number of hydrogen-bond acceptors (Lipinski definition) is 6. The molecule has 0 aliphatic rings. The van der Waals surface area contributed by atoms with E-state index in [0.29, 0.717) is 31.6 Å². The van der Waals surface area contributed by atoms with Crippen molar-refractivity contribution in [2.24, 2.45) is 0 Å². The lowest BCUT2D eigenvalue weighted by molar-refractivity contribution is -0.245. The molecule has 0 amide bonds. The van der Waals surface area contributed by atoms with Gasteiger partial charge in [-0.3, -0.25) is 0 Å². The van der Waals surface area contributed by atoms with E-state index < -0.39 is 32.5 Å². The number of hydrogen-bond donors (Lipinski definition) is 0. The Kier molecular flexibility index (Phi) is 14.3. The average molecular weight is 327 g/mol. The molecular formula is C12H30O6Si2.